The SMILES string of the molecule is CC(C)(CO)SC1CCC(N)C1. The molecule has 2 atom stereocenters. The van der Waals surface area contributed by atoms with Crippen LogP contribution in [0.15, 0.2) is 0 Å². The van der Waals surface area contributed by atoms with Crippen molar-refractivity contribution in [1.29, 1.82) is 0 Å². The van der Waals surface area contributed by atoms with Crippen molar-refractivity contribution < 1.29 is 5.11 Å². The van der Waals surface area contributed by atoms with Crippen LogP contribution in [0.3, 0.4) is 0 Å². The molecule has 0 saturated heterocycles. The van der Waals surface area contributed by atoms with Gasteiger partial charge in [-0.15, -0.1) is 11.8 Å². The molecule has 72 valence electrons. The Morgan fingerprint density at radius 2 is 2.17 bits per heavy atom. The fourth-order valence-corrected chi connectivity index (χ4v) is 3.14. The second kappa shape index (κ2) is 3.99. The molecule has 1 fully saturated rings. The molecule has 1 aliphatic carbocycles. The Hall–Kier alpha value is 0.270. The van der Waals surface area contributed by atoms with Gasteiger partial charge in [-0.25, -0.2) is 0 Å². The summed E-state index contributed by atoms with van der Waals surface area (Å²) in [5, 5.41) is 9.74. The Morgan fingerprint density at radius 1 is 1.50 bits per heavy atom. The van der Waals surface area contributed by atoms with Crippen LogP contribution in [-0.4, -0.2) is 27.8 Å². The lowest BCUT2D eigenvalue weighted by atomic mass is 10.2. The van der Waals surface area contributed by atoms with Crippen molar-refractivity contribution in [2.45, 2.75) is 49.1 Å². The van der Waals surface area contributed by atoms with Crippen LogP contribution in [-0.2, 0) is 0 Å². The maximum atomic E-state index is 9.07. The highest BCUT2D eigenvalue weighted by Gasteiger charge is 2.28. The normalized spacial score (nSPS) is 31.0. The molecule has 0 radical (unpaired) electrons. The van der Waals surface area contributed by atoms with Gasteiger partial charge in [0.25, 0.3) is 0 Å². The van der Waals surface area contributed by atoms with E-state index in [0.29, 0.717) is 11.3 Å². The van der Waals surface area contributed by atoms with Crippen LogP contribution in [0.1, 0.15) is 33.1 Å². The molecule has 0 spiro atoms. The van der Waals surface area contributed by atoms with Gasteiger partial charge in [0.15, 0.2) is 0 Å². The van der Waals surface area contributed by atoms with Crippen LogP contribution >= 0.6 is 11.8 Å². The van der Waals surface area contributed by atoms with E-state index in [1.165, 1.54) is 6.42 Å². The van der Waals surface area contributed by atoms with Crippen molar-refractivity contribution in [2.75, 3.05) is 6.61 Å². The molecule has 0 aromatic carbocycles. The molecule has 0 amide bonds. The number of hydrogen-bond donors (Lipinski definition) is 2. The quantitative estimate of drug-likeness (QED) is 0.705. The summed E-state index contributed by atoms with van der Waals surface area (Å²) in [6.07, 6.45) is 3.49. The van der Waals surface area contributed by atoms with E-state index in [9.17, 15) is 0 Å². The summed E-state index contributed by atoms with van der Waals surface area (Å²) in [6, 6.07) is 0.400. The van der Waals surface area contributed by atoms with Gasteiger partial charge in [-0.1, -0.05) is 0 Å². The van der Waals surface area contributed by atoms with Crippen LogP contribution in [0.5, 0.6) is 0 Å². The lowest BCUT2D eigenvalue weighted by Gasteiger charge is -2.24. The Balaban J connectivity index is 2.32. The van der Waals surface area contributed by atoms with Gasteiger partial charge in [0.05, 0.1) is 6.61 Å². The van der Waals surface area contributed by atoms with E-state index in [1.807, 2.05) is 11.8 Å². The molecule has 0 aliphatic heterocycles. The van der Waals surface area contributed by atoms with Crippen molar-refractivity contribution in [3.63, 3.8) is 0 Å². The van der Waals surface area contributed by atoms with Gasteiger partial charge in [0.1, 0.15) is 0 Å². The molecule has 2 nitrogen and oxygen atoms in total. The van der Waals surface area contributed by atoms with Gasteiger partial charge in [-0.05, 0) is 33.1 Å². The monoisotopic (exact) mass is 189 g/mol. The van der Waals surface area contributed by atoms with E-state index in [0.717, 1.165) is 12.8 Å². The van der Waals surface area contributed by atoms with Gasteiger partial charge in [-0.3, -0.25) is 0 Å². The number of thioether (sulfide) groups is 1. The van der Waals surface area contributed by atoms with E-state index in [4.69, 9.17) is 10.8 Å². The third-order valence-corrected chi connectivity index (χ3v) is 3.82. The number of rotatable bonds is 3. The van der Waals surface area contributed by atoms with E-state index in [-0.39, 0.29) is 11.4 Å². The van der Waals surface area contributed by atoms with Crippen molar-refractivity contribution >= 4 is 11.8 Å². The zero-order valence-electron chi connectivity index (χ0n) is 7.92. The molecular formula is C9H19NOS. The number of hydrogen-bond acceptors (Lipinski definition) is 3. The van der Waals surface area contributed by atoms with E-state index < -0.39 is 0 Å². The molecule has 1 saturated carbocycles. The summed E-state index contributed by atoms with van der Waals surface area (Å²) in [5.41, 5.74) is 5.81. The Kier molecular flexibility index (Phi) is 3.44. The highest BCUT2D eigenvalue weighted by Crippen LogP contribution is 2.36. The highest BCUT2D eigenvalue weighted by molar-refractivity contribution is 8.01. The molecule has 0 aromatic heterocycles. The lowest BCUT2D eigenvalue weighted by Crippen LogP contribution is -2.24. The minimum Gasteiger partial charge on any atom is -0.395 e. The molecule has 12 heavy (non-hydrogen) atoms. The average molecular weight is 189 g/mol. The largest absolute Gasteiger partial charge is 0.395 e. The predicted molar refractivity (Wildman–Crippen MR) is 54.4 cm³/mol. The minimum absolute atomic E-state index is 0.00866. The molecule has 2 unspecified atom stereocenters. The maximum absolute atomic E-state index is 9.07. The minimum atomic E-state index is 0.00866. The molecule has 1 aliphatic rings. The van der Waals surface area contributed by atoms with E-state index in [2.05, 4.69) is 13.8 Å². The van der Waals surface area contributed by atoms with Gasteiger partial charge < -0.3 is 10.8 Å². The molecule has 0 aromatic rings. The molecule has 0 bridgehead atoms. The van der Waals surface area contributed by atoms with Gasteiger partial charge in [-0.2, -0.15) is 0 Å². The van der Waals surface area contributed by atoms with Crippen molar-refractivity contribution in [3.05, 3.63) is 0 Å². The third kappa shape index (κ3) is 2.96. The second-order valence-electron chi connectivity index (χ2n) is 4.23. The highest BCUT2D eigenvalue weighted by atomic mass is 32.2. The first-order valence-electron chi connectivity index (χ1n) is 4.58. The van der Waals surface area contributed by atoms with Crippen LogP contribution in [0.4, 0.5) is 0 Å². The zero-order valence-corrected chi connectivity index (χ0v) is 8.73. The van der Waals surface area contributed by atoms with E-state index in [1.54, 1.807) is 0 Å². The summed E-state index contributed by atoms with van der Waals surface area (Å²) in [7, 11) is 0. The van der Waals surface area contributed by atoms with Gasteiger partial charge in [0, 0.05) is 16.0 Å². The van der Waals surface area contributed by atoms with Crippen molar-refractivity contribution in [1.82, 2.24) is 0 Å². The summed E-state index contributed by atoms with van der Waals surface area (Å²) in [5.74, 6) is 0. The fourth-order valence-electron chi connectivity index (χ4n) is 1.57. The van der Waals surface area contributed by atoms with Gasteiger partial charge in [0.2, 0.25) is 0 Å². The van der Waals surface area contributed by atoms with Crippen molar-refractivity contribution in [3.8, 4) is 0 Å². The third-order valence-electron chi connectivity index (χ3n) is 2.29. The molecule has 3 N–H and O–H groups in total. The molecule has 3 heteroatoms. The number of aliphatic hydroxyl groups is 1. The fraction of sp³-hybridized carbons (Fsp3) is 1.00. The van der Waals surface area contributed by atoms with Crippen LogP contribution < -0.4 is 5.73 Å². The first kappa shape index (κ1) is 10.4. The van der Waals surface area contributed by atoms with Gasteiger partial charge >= 0.3 is 0 Å². The summed E-state index contributed by atoms with van der Waals surface area (Å²) < 4.78 is 0.00866. The Morgan fingerprint density at radius 3 is 2.58 bits per heavy atom. The number of aliphatic hydroxyl groups excluding tert-OH is 1. The lowest BCUT2D eigenvalue weighted by molar-refractivity contribution is 0.264. The summed E-state index contributed by atoms with van der Waals surface area (Å²) >= 11 is 1.88. The predicted octanol–water partition coefficient (Wildman–Crippen LogP) is 1.37. The average Bonchev–Trinajstić information content (AvgIpc) is 2.35. The first-order chi connectivity index (χ1) is 5.53. The molecule has 1 rings (SSSR count). The standard InChI is InChI=1S/C9H19NOS/c1-9(2,6-11)12-8-4-3-7(10)5-8/h7-8,11H,3-6,10H2,1-2H3. The van der Waals surface area contributed by atoms with Crippen LogP contribution in [0.25, 0.3) is 0 Å². The molecule has 0 heterocycles. The summed E-state index contributed by atoms with van der Waals surface area (Å²) in [6.45, 7) is 4.42. The Labute approximate surface area is 78.9 Å². The Bertz CT molecular complexity index is 149. The zero-order chi connectivity index (χ0) is 9.19. The van der Waals surface area contributed by atoms with Crippen molar-refractivity contribution in [2.24, 2.45) is 5.73 Å². The van der Waals surface area contributed by atoms with Crippen LogP contribution in [0, 0.1) is 0 Å². The molecular weight excluding hydrogens is 170 g/mol. The topological polar surface area (TPSA) is 46.2 Å². The first-order valence-corrected chi connectivity index (χ1v) is 5.46. The smallest absolute Gasteiger partial charge is 0.0572 e. The van der Waals surface area contributed by atoms with Crippen LogP contribution in [0.2, 0.25) is 0 Å². The maximum Gasteiger partial charge on any atom is 0.0572 e. The second-order valence-corrected chi connectivity index (χ2v) is 6.24. The van der Waals surface area contributed by atoms with E-state index >= 15 is 0 Å². The number of nitrogens with two attached hydrogens (primary N) is 1. The summed E-state index contributed by atoms with van der Waals surface area (Å²) in [4.78, 5) is 0.